The Kier molecular flexibility index (Phi) is 12.4. The Hall–Kier alpha value is -1.06. The molecule has 2 rings (SSSR count). The zero-order valence-corrected chi connectivity index (χ0v) is 19.1. The number of benzene rings is 1. The average Bonchev–Trinajstić information content (AvgIpc) is 3.12. The van der Waals surface area contributed by atoms with Crippen LogP contribution in [0.4, 0.5) is 0 Å². The van der Waals surface area contributed by atoms with E-state index in [-0.39, 0.29) is 24.0 Å². The van der Waals surface area contributed by atoms with Gasteiger partial charge >= 0.3 is 0 Å². The lowest BCUT2D eigenvalue weighted by atomic mass is 10.1. The van der Waals surface area contributed by atoms with Crippen molar-refractivity contribution in [2.24, 2.45) is 10.9 Å². The van der Waals surface area contributed by atoms with Crippen molar-refractivity contribution in [3.63, 3.8) is 0 Å². The Labute approximate surface area is 180 Å². The van der Waals surface area contributed by atoms with Crippen molar-refractivity contribution in [2.75, 3.05) is 60.2 Å². The van der Waals surface area contributed by atoms with Crippen molar-refractivity contribution >= 4 is 29.9 Å². The Bertz CT molecular complexity index is 557. The molecule has 0 aliphatic carbocycles. The molecule has 27 heavy (non-hydrogen) atoms. The second-order valence-corrected chi connectivity index (χ2v) is 6.61. The number of nitrogens with one attached hydrogen (secondary N) is 1. The maximum atomic E-state index is 5.84. The lowest BCUT2D eigenvalue weighted by Crippen LogP contribution is -2.40. The summed E-state index contributed by atoms with van der Waals surface area (Å²) in [7, 11) is 3.54. The molecule has 1 N–H and O–H groups in total. The highest BCUT2D eigenvalue weighted by atomic mass is 127. The summed E-state index contributed by atoms with van der Waals surface area (Å²) in [4.78, 5) is 6.73. The van der Waals surface area contributed by atoms with Gasteiger partial charge in [0.25, 0.3) is 0 Å². The zero-order chi connectivity index (χ0) is 18.6. The van der Waals surface area contributed by atoms with E-state index >= 15 is 0 Å². The van der Waals surface area contributed by atoms with Crippen LogP contribution in [0.25, 0.3) is 0 Å². The monoisotopic (exact) mass is 491 g/mol. The van der Waals surface area contributed by atoms with Crippen LogP contribution in [0.3, 0.4) is 0 Å². The summed E-state index contributed by atoms with van der Waals surface area (Å²) in [6, 6.07) is 8.11. The molecule has 1 unspecified atom stereocenters. The third-order valence-corrected chi connectivity index (χ3v) is 4.54. The van der Waals surface area contributed by atoms with E-state index in [1.54, 1.807) is 7.11 Å². The molecular formula is C20H34IN3O3. The van der Waals surface area contributed by atoms with Gasteiger partial charge in [0, 0.05) is 39.7 Å². The molecular weight excluding hydrogens is 457 g/mol. The largest absolute Gasteiger partial charge is 0.493 e. The molecule has 1 aromatic carbocycles. The van der Waals surface area contributed by atoms with E-state index in [4.69, 9.17) is 14.2 Å². The van der Waals surface area contributed by atoms with E-state index in [0.29, 0.717) is 25.7 Å². The fourth-order valence-electron chi connectivity index (χ4n) is 3.06. The number of nitrogens with zero attached hydrogens (tertiary/aromatic N) is 2. The molecule has 154 valence electrons. The van der Waals surface area contributed by atoms with E-state index < -0.39 is 0 Å². The van der Waals surface area contributed by atoms with Gasteiger partial charge in [0.1, 0.15) is 5.75 Å². The smallest absolute Gasteiger partial charge is 0.193 e. The van der Waals surface area contributed by atoms with E-state index in [1.165, 1.54) is 5.56 Å². The number of methoxy groups -OCH3 is 1. The molecule has 1 aromatic rings. The molecule has 1 heterocycles. The van der Waals surface area contributed by atoms with Crippen LogP contribution >= 0.6 is 24.0 Å². The highest BCUT2D eigenvalue weighted by Gasteiger charge is 2.24. The first kappa shape index (κ1) is 24.0. The molecule has 0 radical (unpaired) electrons. The molecule has 1 aliphatic heterocycles. The van der Waals surface area contributed by atoms with Crippen LogP contribution in [0.5, 0.6) is 5.75 Å². The van der Waals surface area contributed by atoms with Crippen molar-refractivity contribution in [3.8, 4) is 5.75 Å². The average molecular weight is 491 g/mol. The maximum Gasteiger partial charge on any atom is 0.193 e. The summed E-state index contributed by atoms with van der Waals surface area (Å²) in [6.45, 7) is 7.75. The summed E-state index contributed by atoms with van der Waals surface area (Å²) >= 11 is 0. The molecule has 6 nitrogen and oxygen atoms in total. The number of rotatable bonds is 10. The number of hydrogen-bond donors (Lipinski definition) is 1. The van der Waals surface area contributed by atoms with Crippen molar-refractivity contribution in [2.45, 2.75) is 19.8 Å². The van der Waals surface area contributed by atoms with Gasteiger partial charge in [-0.05, 0) is 31.4 Å². The van der Waals surface area contributed by atoms with E-state index in [1.807, 2.05) is 25.2 Å². The summed E-state index contributed by atoms with van der Waals surface area (Å²) in [6.07, 6.45) is 2.08. The van der Waals surface area contributed by atoms with Gasteiger partial charge in [0.2, 0.25) is 0 Å². The first-order valence-corrected chi connectivity index (χ1v) is 9.45. The highest BCUT2D eigenvalue weighted by molar-refractivity contribution is 14.0. The SMILES string of the molecule is CN=C(NCCCOc1ccccc1C)N1CCC(COCCOC)C1.I. The third-order valence-electron chi connectivity index (χ3n) is 4.54. The third kappa shape index (κ3) is 8.66. The minimum absolute atomic E-state index is 0. The van der Waals surface area contributed by atoms with Crippen LogP contribution in [0, 0.1) is 12.8 Å². The minimum Gasteiger partial charge on any atom is -0.493 e. The highest BCUT2D eigenvalue weighted by Crippen LogP contribution is 2.17. The van der Waals surface area contributed by atoms with Crippen LogP contribution in [0.1, 0.15) is 18.4 Å². The summed E-state index contributed by atoms with van der Waals surface area (Å²) in [5, 5.41) is 3.44. The van der Waals surface area contributed by atoms with Crippen LogP contribution < -0.4 is 10.1 Å². The molecule has 0 saturated carbocycles. The standard InChI is InChI=1S/C20H33N3O3.HI/c1-17-7-4-5-8-19(17)26-12-6-10-22-20(21-2)23-11-9-18(15-23)16-25-14-13-24-3;/h4-5,7-8,18H,6,9-16H2,1-3H3,(H,21,22);1H. The van der Waals surface area contributed by atoms with Gasteiger partial charge in [-0.15, -0.1) is 24.0 Å². The van der Waals surface area contributed by atoms with Gasteiger partial charge in [-0.1, -0.05) is 18.2 Å². The predicted molar refractivity (Wildman–Crippen MR) is 120 cm³/mol. The summed E-state index contributed by atoms with van der Waals surface area (Å²) in [5.74, 6) is 2.50. The van der Waals surface area contributed by atoms with Crippen molar-refractivity contribution in [1.82, 2.24) is 10.2 Å². The number of para-hydroxylation sites is 1. The summed E-state index contributed by atoms with van der Waals surface area (Å²) < 4.78 is 16.5. The Morgan fingerprint density at radius 3 is 2.81 bits per heavy atom. The molecule has 1 aliphatic rings. The second kappa shape index (κ2) is 14.0. The summed E-state index contributed by atoms with van der Waals surface area (Å²) in [5.41, 5.74) is 1.17. The Morgan fingerprint density at radius 1 is 1.26 bits per heavy atom. The first-order valence-electron chi connectivity index (χ1n) is 9.45. The van der Waals surface area contributed by atoms with Crippen LogP contribution in [-0.2, 0) is 9.47 Å². The Morgan fingerprint density at radius 2 is 2.07 bits per heavy atom. The first-order chi connectivity index (χ1) is 12.7. The van der Waals surface area contributed by atoms with Gasteiger partial charge in [-0.25, -0.2) is 0 Å². The predicted octanol–water partition coefficient (Wildman–Crippen LogP) is 2.94. The number of aryl methyl sites for hydroxylation is 1. The molecule has 0 aromatic heterocycles. The van der Waals surface area contributed by atoms with Crippen LogP contribution in [-0.4, -0.2) is 71.1 Å². The van der Waals surface area contributed by atoms with Crippen molar-refractivity contribution in [1.29, 1.82) is 0 Å². The number of likely N-dealkylation sites (tertiary alicyclic amines) is 1. The second-order valence-electron chi connectivity index (χ2n) is 6.61. The fourth-order valence-corrected chi connectivity index (χ4v) is 3.06. The molecule has 7 heteroatoms. The minimum atomic E-state index is 0. The number of ether oxygens (including phenoxy) is 3. The normalized spacial score (nSPS) is 16.9. The van der Waals surface area contributed by atoms with Crippen LogP contribution in [0.2, 0.25) is 0 Å². The van der Waals surface area contributed by atoms with Gasteiger partial charge in [-0.3, -0.25) is 4.99 Å². The fraction of sp³-hybridized carbons (Fsp3) is 0.650. The topological polar surface area (TPSA) is 55.3 Å². The Balaban J connectivity index is 0.00000364. The molecule has 1 fully saturated rings. The number of halogens is 1. The maximum absolute atomic E-state index is 5.84. The van der Waals surface area contributed by atoms with Gasteiger partial charge < -0.3 is 24.4 Å². The molecule has 0 amide bonds. The van der Waals surface area contributed by atoms with Crippen LogP contribution in [0.15, 0.2) is 29.3 Å². The van der Waals surface area contributed by atoms with E-state index in [2.05, 4.69) is 28.2 Å². The van der Waals surface area contributed by atoms with Gasteiger partial charge in [0.15, 0.2) is 5.96 Å². The van der Waals surface area contributed by atoms with Crippen molar-refractivity contribution in [3.05, 3.63) is 29.8 Å². The zero-order valence-electron chi connectivity index (χ0n) is 16.8. The lowest BCUT2D eigenvalue weighted by Gasteiger charge is -2.21. The number of guanidine groups is 1. The van der Waals surface area contributed by atoms with Crippen molar-refractivity contribution < 1.29 is 14.2 Å². The van der Waals surface area contributed by atoms with E-state index in [9.17, 15) is 0 Å². The van der Waals surface area contributed by atoms with E-state index in [0.717, 1.165) is 50.8 Å². The molecule has 0 bridgehead atoms. The number of hydrogen-bond acceptors (Lipinski definition) is 4. The number of aliphatic imine (C=N–C) groups is 1. The lowest BCUT2D eigenvalue weighted by molar-refractivity contribution is 0.0536. The molecule has 1 atom stereocenters. The molecule has 1 saturated heterocycles. The van der Waals surface area contributed by atoms with Gasteiger partial charge in [-0.2, -0.15) is 0 Å². The van der Waals surface area contributed by atoms with Gasteiger partial charge in [0.05, 0.1) is 26.4 Å². The quantitative estimate of drug-likeness (QED) is 0.236. The molecule has 0 spiro atoms.